The van der Waals surface area contributed by atoms with Crippen molar-refractivity contribution in [2.24, 2.45) is 0 Å². The van der Waals surface area contributed by atoms with E-state index in [1.165, 1.54) is 0 Å². The average Bonchev–Trinajstić information content (AvgIpc) is 3.18. The quantitative estimate of drug-likeness (QED) is 0.708. The van der Waals surface area contributed by atoms with E-state index in [2.05, 4.69) is 15.4 Å². The number of nitrogens with zero attached hydrogens (tertiary/aromatic N) is 6. The van der Waals surface area contributed by atoms with E-state index in [4.69, 9.17) is 11.6 Å². The highest BCUT2D eigenvalue weighted by molar-refractivity contribution is 6.30. The van der Waals surface area contributed by atoms with E-state index in [0.29, 0.717) is 17.3 Å². The van der Waals surface area contributed by atoms with E-state index < -0.39 is 6.04 Å². The Labute approximate surface area is 144 Å². The molecule has 0 aliphatic rings. The van der Waals surface area contributed by atoms with Crippen LogP contribution in [-0.2, 0) is 11.3 Å². The van der Waals surface area contributed by atoms with Crippen LogP contribution in [0.5, 0.6) is 0 Å². The standard InChI is InChI=1S/C16H17ClN6O/c1-21(2)16(24)15(12-6-4-3-5-7-12)23-11-14(19-20-23)10-22-9-13(17)8-18-22/h3-9,11,15H,10H2,1-2H3. The molecule has 0 spiro atoms. The summed E-state index contributed by atoms with van der Waals surface area (Å²) in [5.41, 5.74) is 1.55. The van der Waals surface area contributed by atoms with Gasteiger partial charge in [-0.05, 0) is 5.56 Å². The summed E-state index contributed by atoms with van der Waals surface area (Å²) < 4.78 is 3.25. The van der Waals surface area contributed by atoms with Crippen LogP contribution in [-0.4, -0.2) is 49.7 Å². The van der Waals surface area contributed by atoms with Crippen LogP contribution in [0.3, 0.4) is 0 Å². The zero-order chi connectivity index (χ0) is 17.1. The fourth-order valence-corrected chi connectivity index (χ4v) is 2.55. The topological polar surface area (TPSA) is 68.8 Å². The highest BCUT2D eigenvalue weighted by Gasteiger charge is 2.25. The van der Waals surface area contributed by atoms with Gasteiger partial charge in [0, 0.05) is 20.3 Å². The van der Waals surface area contributed by atoms with Gasteiger partial charge in [0.2, 0.25) is 0 Å². The molecule has 2 aromatic heterocycles. The van der Waals surface area contributed by atoms with Gasteiger partial charge in [-0.1, -0.05) is 47.1 Å². The lowest BCUT2D eigenvalue weighted by Gasteiger charge is -2.20. The highest BCUT2D eigenvalue weighted by Crippen LogP contribution is 2.19. The summed E-state index contributed by atoms with van der Waals surface area (Å²) >= 11 is 5.86. The molecule has 0 aliphatic heterocycles. The van der Waals surface area contributed by atoms with Crippen molar-refractivity contribution in [3.05, 3.63) is 65.2 Å². The number of hydrogen-bond donors (Lipinski definition) is 0. The number of rotatable bonds is 5. The minimum atomic E-state index is -0.552. The van der Waals surface area contributed by atoms with Crippen molar-refractivity contribution in [2.45, 2.75) is 12.6 Å². The molecule has 7 nitrogen and oxygen atoms in total. The summed E-state index contributed by atoms with van der Waals surface area (Å²) in [6, 6.07) is 8.96. The molecular weight excluding hydrogens is 328 g/mol. The lowest BCUT2D eigenvalue weighted by Crippen LogP contribution is -2.32. The SMILES string of the molecule is CN(C)C(=O)C(c1ccccc1)n1cc(Cn2cc(Cl)cn2)nn1. The Morgan fingerprint density at radius 1 is 1.25 bits per heavy atom. The second-order valence-electron chi connectivity index (χ2n) is 5.59. The van der Waals surface area contributed by atoms with Crippen LogP contribution in [0.2, 0.25) is 5.02 Å². The van der Waals surface area contributed by atoms with E-state index in [0.717, 1.165) is 5.56 Å². The molecule has 0 N–H and O–H groups in total. The zero-order valence-corrected chi connectivity index (χ0v) is 14.1. The number of benzene rings is 1. The van der Waals surface area contributed by atoms with Crippen LogP contribution < -0.4 is 0 Å². The van der Waals surface area contributed by atoms with Gasteiger partial charge in [-0.15, -0.1) is 5.10 Å². The van der Waals surface area contributed by atoms with Crippen LogP contribution in [0.1, 0.15) is 17.3 Å². The van der Waals surface area contributed by atoms with Crippen molar-refractivity contribution < 1.29 is 4.79 Å². The fourth-order valence-electron chi connectivity index (χ4n) is 2.39. The summed E-state index contributed by atoms with van der Waals surface area (Å²) in [7, 11) is 3.45. The molecule has 0 aliphatic carbocycles. The van der Waals surface area contributed by atoms with E-state index >= 15 is 0 Å². The Morgan fingerprint density at radius 3 is 2.62 bits per heavy atom. The minimum absolute atomic E-state index is 0.0696. The number of amides is 1. The number of carbonyl (C=O) groups is 1. The maximum atomic E-state index is 12.6. The molecule has 1 aromatic carbocycles. The minimum Gasteiger partial charge on any atom is -0.347 e. The van der Waals surface area contributed by atoms with Gasteiger partial charge in [-0.2, -0.15) is 5.10 Å². The highest BCUT2D eigenvalue weighted by atomic mass is 35.5. The molecular formula is C16H17ClN6O. The van der Waals surface area contributed by atoms with Crippen molar-refractivity contribution >= 4 is 17.5 Å². The Kier molecular flexibility index (Phi) is 4.61. The molecule has 24 heavy (non-hydrogen) atoms. The predicted molar refractivity (Wildman–Crippen MR) is 89.6 cm³/mol. The fraction of sp³-hybridized carbons (Fsp3) is 0.250. The van der Waals surface area contributed by atoms with Gasteiger partial charge >= 0.3 is 0 Å². The molecule has 124 valence electrons. The molecule has 1 amide bonds. The van der Waals surface area contributed by atoms with Gasteiger partial charge in [0.1, 0.15) is 5.69 Å². The van der Waals surface area contributed by atoms with Gasteiger partial charge in [0.25, 0.3) is 5.91 Å². The van der Waals surface area contributed by atoms with Gasteiger partial charge in [-0.3, -0.25) is 9.48 Å². The van der Waals surface area contributed by atoms with Crippen molar-refractivity contribution in [1.82, 2.24) is 29.7 Å². The molecule has 2 heterocycles. The van der Waals surface area contributed by atoms with E-state index in [1.54, 1.807) is 46.9 Å². The lowest BCUT2D eigenvalue weighted by molar-refractivity contribution is -0.131. The first-order chi connectivity index (χ1) is 11.5. The third-order valence-electron chi connectivity index (χ3n) is 3.54. The van der Waals surface area contributed by atoms with E-state index in [9.17, 15) is 4.79 Å². The molecule has 0 saturated heterocycles. The molecule has 3 rings (SSSR count). The van der Waals surface area contributed by atoms with Gasteiger partial charge in [-0.25, -0.2) is 4.68 Å². The van der Waals surface area contributed by atoms with Crippen LogP contribution in [0.15, 0.2) is 48.9 Å². The Morgan fingerprint density at radius 2 is 2.00 bits per heavy atom. The first-order valence-electron chi connectivity index (χ1n) is 7.39. The first-order valence-corrected chi connectivity index (χ1v) is 7.77. The first kappa shape index (κ1) is 16.2. The molecule has 8 heteroatoms. The summed E-state index contributed by atoms with van der Waals surface area (Å²) in [5, 5.41) is 13.0. The number of hydrogen-bond acceptors (Lipinski definition) is 4. The lowest BCUT2D eigenvalue weighted by atomic mass is 10.1. The van der Waals surface area contributed by atoms with E-state index in [-0.39, 0.29) is 5.91 Å². The molecule has 0 bridgehead atoms. The maximum absolute atomic E-state index is 12.6. The monoisotopic (exact) mass is 344 g/mol. The summed E-state index contributed by atoms with van der Waals surface area (Å²) in [6.45, 7) is 0.435. The Balaban J connectivity index is 1.90. The molecule has 3 aromatic rings. The smallest absolute Gasteiger partial charge is 0.251 e. The van der Waals surface area contributed by atoms with Crippen LogP contribution in [0, 0.1) is 0 Å². The number of halogens is 1. The van der Waals surface area contributed by atoms with Gasteiger partial charge < -0.3 is 4.90 Å². The molecule has 0 fully saturated rings. The molecule has 0 radical (unpaired) electrons. The number of likely N-dealkylation sites (N-methyl/N-ethyl adjacent to an activating group) is 1. The Bertz CT molecular complexity index is 826. The summed E-state index contributed by atoms with van der Waals surface area (Å²) in [4.78, 5) is 14.2. The molecule has 0 saturated carbocycles. The number of aromatic nitrogens is 5. The predicted octanol–water partition coefficient (Wildman–Crippen LogP) is 1.85. The second-order valence-corrected chi connectivity index (χ2v) is 6.03. The largest absolute Gasteiger partial charge is 0.347 e. The Hall–Kier alpha value is -2.67. The normalized spacial score (nSPS) is 12.1. The van der Waals surface area contributed by atoms with Crippen molar-refractivity contribution in [2.75, 3.05) is 14.1 Å². The third kappa shape index (κ3) is 3.46. The number of carbonyl (C=O) groups excluding carboxylic acids is 1. The van der Waals surface area contributed by atoms with Gasteiger partial charge in [0.15, 0.2) is 6.04 Å². The van der Waals surface area contributed by atoms with Crippen LogP contribution >= 0.6 is 11.6 Å². The summed E-state index contributed by atoms with van der Waals surface area (Å²) in [5.74, 6) is -0.0696. The van der Waals surface area contributed by atoms with Gasteiger partial charge in [0.05, 0.1) is 24.0 Å². The van der Waals surface area contributed by atoms with Crippen molar-refractivity contribution in [3.63, 3.8) is 0 Å². The van der Waals surface area contributed by atoms with Crippen LogP contribution in [0.25, 0.3) is 0 Å². The molecule has 1 atom stereocenters. The van der Waals surface area contributed by atoms with Crippen LogP contribution in [0.4, 0.5) is 0 Å². The maximum Gasteiger partial charge on any atom is 0.251 e. The molecule has 1 unspecified atom stereocenters. The van der Waals surface area contributed by atoms with Crippen molar-refractivity contribution in [1.29, 1.82) is 0 Å². The zero-order valence-electron chi connectivity index (χ0n) is 13.4. The summed E-state index contributed by atoms with van der Waals surface area (Å²) in [6.07, 6.45) is 5.03. The third-order valence-corrected chi connectivity index (χ3v) is 3.73. The second kappa shape index (κ2) is 6.84. The van der Waals surface area contributed by atoms with E-state index in [1.807, 2.05) is 30.3 Å². The van der Waals surface area contributed by atoms with Crippen molar-refractivity contribution in [3.8, 4) is 0 Å². The average molecular weight is 345 g/mol.